The number of halogens is 1. The van der Waals surface area contributed by atoms with Crippen molar-refractivity contribution in [3.63, 3.8) is 0 Å². The number of hydrogen-bond acceptors (Lipinski definition) is 5. The van der Waals surface area contributed by atoms with Crippen LogP contribution >= 0.6 is 11.5 Å². The lowest BCUT2D eigenvalue weighted by molar-refractivity contribution is 0.0731. The molecule has 2 fully saturated rings. The first kappa shape index (κ1) is 20.4. The monoisotopic (exact) mass is 416 g/mol. The van der Waals surface area contributed by atoms with Crippen molar-refractivity contribution in [3.8, 4) is 0 Å². The maximum atomic E-state index is 13.6. The van der Waals surface area contributed by atoms with Crippen LogP contribution in [0.25, 0.3) is 0 Å². The molecule has 0 saturated carbocycles. The Balaban J connectivity index is 1.47. The van der Waals surface area contributed by atoms with Crippen molar-refractivity contribution in [1.29, 1.82) is 0 Å². The van der Waals surface area contributed by atoms with Gasteiger partial charge < -0.3 is 4.90 Å². The second-order valence-corrected chi connectivity index (χ2v) is 9.45. The topological polar surface area (TPSA) is 49.3 Å². The van der Waals surface area contributed by atoms with Gasteiger partial charge >= 0.3 is 0 Å². The van der Waals surface area contributed by atoms with Gasteiger partial charge in [0.1, 0.15) is 5.82 Å². The van der Waals surface area contributed by atoms with E-state index in [1.807, 2.05) is 11.0 Å². The third-order valence-corrected chi connectivity index (χ3v) is 7.47. The molecule has 2 aliphatic heterocycles. The Bertz CT molecular complexity index is 870. The lowest BCUT2D eigenvalue weighted by Crippen LogP contribution is -2.44. The second kappa shape index (κ2) is 8.48. The smallest absolute Gasteiger partial charge is 0.275 e. The Hall–Kier alpha value is -1.86. The number of amides is 1. The molecule has 4 rings (SSSR count). The van der Waals surface area contributed by atoms with Gasteiger partial charge in [-0.3, -0.25) is 9.69 Å². The standard InChI is InChI=1S/C22H29FN4OS/c1-16(2)20-19(24-25-29-20)21(28)26-11-4-8-22(10-13-26)9-5-12-27(22)15-17-6-3-7-18(23)14-17/h3,6-7,14,16H,4-5,8-13,15H2,1-2H3/t22-/m1/s1. The number of likely N-dealkylation sites (tertiary alicyclic amines) is 2. The molecule has 0 aliphatic carbocycles. The van der Waals surface area contributed by atoms with Crippen molar-refractivity contribution in [1.82, 2.24) is 19.4 Å². The third-order valence-electron chi connectivity index (χ3n) is 6.45. The van der Waals surface area contributed by atoms with Gasteiger partial charge in [-0.25, -0.2) is 4.39 Å². The minimum Gasteiger partial charge on any atom is -0.337 e. The summed E-state index contributed by atoms with van der Waals surface area (Å²) in [5.74, 6) is 0.101. The number of rotatable bonds is 4. The molecule has 0 bridgehead atoms. The largest absolute Gasteiger partial charge is 0.337 e. The van der Waals surface area contributed by atoms with Crippen LogP contribution in [-0.4, -0.2) is 50.5 Å². The lowest BCUT2D eigenvalue weighted by atomic mass is 9.87. The zero-order chi connectivity index (χ0) is 20.4. The fraction of sp³-hybridized carbons (Fsp3) is 0.591. The first-order chi connectivity index (χ1) is 14.0. The summed E-state index contributed by atoms with van der Waals surface area (Å²) < 4.78 is 17.7. The molecule has 2 aliphatic rings. The van der Waals surface area contributed by atoms with Gasteiger partial charge in [0, 0.05) is 25.2 Å². The average molecular weight is 417 g/mol. The van der Waals surface area contributed by atoms with E-state index >= 15 is 0 Å². The summed E-state index contributed by atoms with van der Waals surface area (Å²) >= 11 is 1.33. The SMILES string of the molecule is CC(C)c1snnc1C(=O)N1CCC[C@@]2(CCCN2Cc2cccc(F)c2)CC1. The van der Waals surface area contributed by atoms with E-state index in [0.29, 0.717) is 5.69 Å². The van der Waals surface area contributed by atoms with E-state index < -0.39 is 0 Å². The molecule has 1 aromatic heterocycles. The maximum Gasteiger partial charge on any atom is 0.275 e. The van der Waals surface area contributed by atoms with Crippen LogP contribution in [0.2, 0.25) is 0 Å². The number of carbonyl (C=O) groups excluding carboxylic acids is 1. The van der Waals surface area contributed by atoms with Crippen LogP contribution in [-0.2, 0) is 6.54 Å². The van der Waals surface area contributed by atoms with E-state index in [4.69, 9.17) is 0 Å². The summed E-state index contributed by atoms with van der Waals surface area (Å²) in [6.07, 6.45) is 5.34. The molecule has 0 radical (unpaired) electrons. The van der Waals surface area contributed by atoms with Crippen molar-refractivity contribution < 1.29 is 9.18 Å². The summed E-state index contributed by atoms with van der Waals surface area (Å²) in [5, 5.41) is 4.14. The van der Waals surface area contributed by atoms with E-state index in [2.05, 4.69) is 28.3 Å². The van der Waals surface area contributed by atoms with Crippen LogP contribution in [0, 0.1) is 5.82 Å². The van der Waals surface area contributed by atoms with E-state index in [-0.39, 0.29) is 23.2 Å². The molecule has 2 saturated heterocycles. The Morgan fingerprint density at radius 2 is 2.00 bits per heavy atom. The second-order valence-electron chi connectivity index (χ2n) is 8.67. The van der Waals surface area contributed by atoms with Crippen molar-refractivity contribution in [2.24, 2.45) is 0 Å². The van der Waals surface area contributed by atoms with Crippen molar-refractivity contribution in [3.05, 3.63) is 46.2 Å². The lowest BCUT2D eigenvalue weighted by Gasteiger charge is -2.38. The van der Waals surface area contributed by atoms with Crippen LogP contribution in [0.4, 0.5) is 4.39 Å². The van der Waals surface area contributed by atoms with E-state index in [0.717, 1.165) is 68.7 Å². The zero-order valence-corrected chi connectivity index (χ0v) is 18.1. The summed E-state index contributed by atoms with van der Waals surface area (Å²) in [4.78, 5) is 18.6. The molecule has 1 atom stereocenters. The molecular formula is C22H29FN4OS. The highest BCUT2D eigenvalue weighted by Gasteiger charge is 2.42. The highest BCUT2D eigenvalue weighted by Crippen LogP contribution is 2.39. The number of nitrogens with zero attached hydrogens (tertiary/aromatic N) is 4. The Morgan fingerprint density at radius 3 is 2.76 bits per heavy atom. The first-order valence-electron chi connectivity index (χ1n) is 10.6. The molecule has 0 unspecified atom stereocenters. The maximum absolute atomic E-state index is 13.6. The van der Waals surface area contributed by atoms with Gasteiger partial charge in [0.25, 0.3) is 5.91 Å². The van der Waals surface area contributed by atoms with Crippen molar-refractivity contribution in [2.75, 3.05) is 19.6 Å². The molecule has 1 aromatic carbocycles. The molecule has 29 heavy (non-hydrogen) atoms. The Kier molecular flexibility index (Phi) is 5.97. The van der Waals surface area contributed by atoms with E-state index in [1.165, 1.54) is 17.6 Å². The molecule has 0 N–H and O–H groups in total. The number of aromatic nitrogens is 2. The van der Waals surface area contributed by atoms with Gasteiger partial charge in [0.2, 0.25) is 0 Å². The highest BCUT2D eigenvalue weighted by molar-refractivity contribution is 7.05. The fourth-order valence-electron chi connectivity index (χ4n) is 4.92. The molecule has 3 heterocycles. The van der Waals surface area contributed by atoms with Gasteiger partial charge in [0.05, 0.1) is 4.88 Å². The van der Waals surface area contributed by atoms with Crippen LogP contribution in [0.3, 0.4) is 0 Å². The molecule has 1 spiro atoms. The molecule has 5 nitrogen and oxygen atoms in total. The quantitative estimate of drug-likeness (QED) is 0.738. The first-order valence-corrected chi connectivity index (χ1v) is 11.4. The Labute approximate surface area is 176 Å². The number of benzene rings is 1. The normalized spacial score (nSPS) is 23.1. The van der Waals surface area contributed by atoms with E-state index in [9.17, 15) is 9.18 Å². The summed E-state index contributed by atoms with van der Waals surface area (Å²) in [7, 11) is 0. The van der Waals surface area contributed by atoms with Gasteiger partial charge in [-0.2, -0.15) is 0 Å². The van der Waals surface area contributed by atoms with Gasteiger partial charge in [-0.05, 0) is 73.8 Å². The zero-order valence-electron chi connectivity index (χ0n) is 17.2. The van der Waals surface area contributed by atoms with Crippen LogP contribution in [0.15, 0.2) is 24.3 Å². The van der Waals surface area contributed by atoms with Crippen LogP contribution in [0.5, 0.6) is 0 Å². The number of carbonyl (C=O) groups is 1. The molecule has 7 heteroatoms. The van der Waals surface area contributed by atoms with Gasteiger partial charge in [-0.15, -0.1) is 5.10 Å². The van der Waals surface area contributed by atoms with Gasteiger partial charge in [-0.1, -0.05) is 30.5 Å². The van der Waals surface area contributed by atoms with Crippen molar-refractivity contribution >= 4 is 17.4 Å². The molecule has 156 valence electrons. The summed E-state index contributed by atoms with van der Waals surface area (Å²) in [5.41, 5.74) is 1.67. The minimum atomic E-state index is -0.175. The third kappa shape index (κ3) is 4.21. The minimum absolute atomic E-state index is 0.0224. The highest BCUT2D eigenvalue weighted by atomic mass is 32.1. The number of hydrogen-bond donors (Lipinski definition) is 0. The average Bonchev–Trinajstić information content (AvgIpc) is 3.26. The van der Waals surface area contributed by atoms with E-state index in [1.54, 1.807) is 12.1 Å². The van der Waals surface area contributed by atoms with Crippen LogP contribution in [0.1, 0.15) is 72.8 Å². The molecule has 2 aromatic rings. The van der Waals surface area contributed by atoms with Crippen LogP contribution < -0.4 is 0 Å². The molecular weight excluding hydrogens is 387 g/mol. The van der Waals surface area contributed by atoms with Crippen molar-refractivity contribution in [2.45, 2.75) is 64.0 Å². The predicted molar refractivity (Wildman–Crippen MR) is 113 cm³/mol. The fourth-order valence-corrected chi connectivity index (χ4v) is 5.56. The Morgan fingerprint density at radius 1 is 1.21 bits per heavy atom. The predicted octanol–water partition coefficient (Wildman–Crippen LogP) is 4.46. The summed E-state index contributed by atoms with van der Waals surface area (Å²) in [6.45, 7) is 7.48. The summed E-state index contributed by atoms with van der Waals surface area (Å²) in [6, 6.07) is 6.93. The van der Waals surface area contributed by atoms with Gasteiger partial charge in [0.15, 0.2) is 5.69 Å². The molecule has 1 amide bonds.